The fourth-order valence-corrected chi connectivity index (χ4v) is 3.50. The highest BCUT2D eigenvalue weighted by atomic mass is 32.2. The Morgan fingerprint density at radius 2 is 1.84 bits per heavy atom. The normalized spacial score (nSPS) is 18.1. The maximum absolute atomic E-state index is 11.7. The predicted molar refractivity (Wildman–Crippen MR) is 71.1 cm³/mol. The van der Waals surface area contributed by atoms with Crippen LogP contribution in [-0.4, -0.2) is 36.7 Å². The molecule has 1 aliphatic rings. The summed E-state index contributed by atoms with van der Waals surface area (Å²) in [4.78, 5) is 0. The second-order valence-electron chi connectivity index (χ2n) is 4.68. The molecule has 1 heterocycles. The number of nitrogens with zero attached hydrogens (tertiary/aromatic N) is 2. The maximum Gasteiger partial charge on any atom is 0.227 e. The lowest BCUT2D eigenvalue weighted by Crippen LogP contribution is -2.38. The van der Waals surface area contributed by atoms with Crippen molar-refractivity contribution in [2.45, 2.75) is 18.8 Å². The van der Waals surface area contributed by atoms with Crippen LogP contribution < -0.4 is 0 Å². The molecule has 1 N–H and O–H groups in total. The van der Waals surface area contributed by atoms with Crippen LogP contribution in [0, 0.1) is 11.3 Å². The van der Waals surface area contributed by atoms with Crippen LogP contribution in [0.5, 0.6) is 5.75 Å². The first-order valence-electron chi connectivity index (χ1n) is 6.16. The molecule has 0 aromatic heterocycles. The summed E-state index contributed by atoms with van der Waals surface area (Å²) >= 11 is 0. The Morgan fingerprint density at radius 3 is 2.37 bits per heavy atom. The first kappa shape index (κ1) is 13.8. The van der Waals surface area contributed by atoms with E-state index in [1.807, 2.05) is 12.1 Å². The molecule has 0 amide bonds. The van der Waals surface area contributed by atoms with Crippen LogP contribution in [0.15, 0.2) is 24.3 Å². The average molecular weight is 280 g/mol. The van der Waals surface area contributed by atoms with Gasteiger partial charge < -0.3 is 5.11 Å². The van der Waals surface area contributed by atoms with E-state index < -0.39 is 15.8 Å². The van der Waals surface area contributed by atoms with E-state index in [0.717, 1.165) is 18.4 Å². The standard InChI is InChI=1S/C13H16N2O3S/c14-7-10-19(17,18)15-8-5-12(6-9-15)11-1-3-13(16)4-2-11/h1-4,12,16H,5-6,8-10H2. The zero-order valence-electron chi connectivity index (χ0n) is 10.5. The van der Waals surface area contributed by atoms with Crippen molar-refractivity contribution in [3.8, 4) is 11.8 Å². The van der Waals surface area contributed by atoms with Crippen LogP contribution in [0.2, 0.25) is 0 Å². The number of hydrogen-bond donors (Lipinski definition) is 1. The minimum Gasteiger partial charge on any atom is -0.508 e. The summed E-state index contributed by atoms with van der Waals surface area (Å²) in [5, 5.41) is 17.8. The van der Waals surface area contributed by atoms with E-state index in [-0.39, 0.29) is 5.75 Å². The topological polar surface area (TPSA) is 81.4 Å². The van der Waals surface area contributed by atoms with Crippen LogP contribution in [-0.2, 0) is 10.0 Å². The van der Waals surface area contributed by atoms with Crippen molar-refractivity contribution in [2.24, 2.45) is 0 Å². The molecule has 5 nitrogen and oxygen atoms in total. The first-order valence-corrected chi connectivity index (χ1v) is 7.77. The fourth-order valence-electron chi connectivity index (χ4n) is 2.39. The third kappa shape index (κ3) is 3.25. The molecular weight excluding hydrogens is 264 g/mol. The van der Waals surface area contributed by atoms with E-state index in [2.05, 4.69) is 0 Å². The quantitative estimate of drug-likeness (QED) is 0.908. The zero-order chi connectivity index (χ0) is 13.9. The molecule has 2 rings (SSSR count). The Morgan fingerprint density at radius 1 is 1.26 bits per heavy atom. The Hall–Kier alpha value is -1.58. The molecule has 0 atom stereocenters. The van der Waals surface area contributed by atoms with E-state index >= 15 is 0 Å². The van der Waals surface area contributed by atoms with E-state index in [1.54, 1.807) is 18.2 Å². The second kappa shape index (κ2) is 5.59. The van der Waals surface area contributed by atoms with Crippen LogP contribution in [0.1, 0.15) is 24.3 Å². The third-order valence-corrected chi connectivity index (χ3v) is 5.10. The van der Waals surface area contributed by atoms with Crippen molar-refractivity contribution in [1.29, 1.82) is 5.26 Å². The number of rotatable bonds is 3. The summed E-state index contributed by atoms with van der Waals surface area (Å²) in [5.74, 6) is 0.101. The van der Waals surface area contributed by atoms with E-state index in [9.17, 15) is 13.5 Å². The van der Waals surface area contributed by atoms with Crippen molar-refractivity contribution in [3.05, 3.63) is 29.8 Å². The Labute approximate surface area is 113 Å². The molecular formula is C13H16N2O3S. The number of aromatic hydroxyl groups is 1. The smallest absolute Gasteiger partial charge is 0.227 e. The van der Waals surface area contributed by atoms with E-state index in [0.29, 0.717) is 19.0 Å². The van der Waals surface area contributed by atoms with Crippen LogP contribution in [0.25, 0.3) is 0 Å². The molecule has 0 saturated carbocycles. The average Bonchev–Trinajstić information content (AvgIpc) is 2.40. The Balaban J connectivity index is 2.00. The number of phenolic OH excluding ortho intramolecular Hbond substituents is 1. The molecule has 0 spiro atoms. The number of benzene rings is 1. The second-order valence-corrected chi connectivity index (χ2v) is 6.65. The first-order chi connectivity index (χ1) is 9.03. The number of phenols is 1. The summed E-state index contributed by atoms with van der Waals surface area (Å²) in [7, 11) is -3.41. The lowest BCUT2D eigenvalue weighted by atomic mass is 9.90. The highest BCUT2D eigenvalue weighted by Crippen LogP contribution is 2.29. The Bertz CT molecular complexity index is 567. The third-order valence-electron chi connectivity index (χ3n) is 3.46. The van der Waals surface area contributed by atoms with Gasteiger partial charge >= 0.3 is 0 Å². The summed E-state index contributed by atoms with van der Waals surface area (Å²) in [6, 6.07) is 8.74. The molecule has 0 unspecified atom stereocenters. The lowest BCUT2D eigenvalue weighted by molar-refractivity contribution is 0.320. The summed E-state index contributed by atoms with van der Waals surface area (Å²) < 4.78 is 24.9. The van der Waals surface area contributed by atoms with Gasteiger partial charge in [0.15, 0.2) is 5.75 Å². The number of piperidine rings is 1. The molecule has 1 aliphatic heterocycles. The van der Waals surface area contributed by atoms with Gasteiger partial charge in [-0.1, -0.05) is 12.1 Å². The van der Waals surface area contributed by atoms with Gasteiger partial charge in [-0.05, 0) is 36.5 Å². The summed E-state index contributed by atoms with van der Waals surface area (Å²) in [6.07, 6.45) is 1.49. The molecule has 1 fully saturated rings. The number of sulfonamides is 1. The zero-order valence-corrected chi connectivity index (χ0v) is 11.3. The molecule has 102 valence electrons. The van der Waals surface area contributed by atoms with Crippen molar-refractivity contribution >= 4 is 10.0 Å². The van der Waals surface area contributed by atoms with Gasteiger partial charge in [0.2, 0.25) is 10.0 Å². The molecule has 0 aliphatic carbocycles. The van der Waals surface area contributed by atoms with Crippen LogP contribution >= 0.6 is 0 Å². The van der Waals surface area contributed by atoms with Crippen molar-refractivity contribution in [3.63, 3.8) is 0 Å². The van der Waals surface area contributed by atoms with Gasteiger partial charge in [0.25, 0.3) is 0 Å². The molecule has 19 heavy (non-hydrogen) atoms. The summed E-state index contributed by atoms with van der Waals surface area (Å²) in [6.45, 7) is 0.908. The molecule has 6 heteroatoms. The molecule has 0 radical (unpaired) electrons. The minimum atomic E-state index is -3.41. The van der Waals surface area contributed by atoms with Crippen molar-refractivity contribution in [1.82, 2.24) is 4.31 Å². The SMILES string of the molecule is N#CCS(=O)(=O)N1CCC(c2ccc(O)cc2)CC1. The van der Waals surface area contributed by atoms with Gasteiger partial charge in [0.05, 0.1) is 6.07 Å². The van der Waals surface area contributed by atoms with Gasteiger partial charge in [0.1, 0.15) is 5.75 Å². The lowest BCUT2D eigenvalue weighted by Gasteiger charge is -2.30. The highest BCUT2D eigenvalue weighted by molar-refractivity contribution is 7.89. The number of nitriles is 1. The highest BCUT2D eigenvalue weighted by Gasteiger charge is 2.28. The molecule has 1 aromatic rings. The van der Waals surface area contributed by atoms with Crippen LogP contribution in [0.3, 0.4) is 0 Å². The minimum absolute atomic E-state index is 0.234. The van der Waals surface area contributed by atoms with Gasteiger partial charge in [-0.25, -0.2) is 12.7 Å². The van der Waals surface area contributed by atoms with Gasteiger partial charge in [0, 0.05) is 13.1 Å². The van der Waals surface area contributed by atoms with E-state index in [1.165, 1.54) is 4.31 Å². The monoisotopic (exact) mass is 280 g/mol. The van der Waals surface area contributed by atoms with Crippen molar-refractivity contribution < 1.29 is 13.5 Å². The fraction of sp³-hybridized carbons (Fsp3) is 0.462. The maximum atomic E-state index is 11.7. The molecule has 0 bridgehead atoms. The van der Waals surface area contributed by atoms with Crippen LogP contribution in [0.4, 0.5) is 0 Å². The largest absolute Gasteiger partial charge is 0.508 e. The summed E-state index contributed by atoms with van der Waals surface area (Å²) in [5.41, 5.74) is 1.12. The van der Waals surface area contributed by atoms with Crippen molar-refractivity contribution in [2.75, 3.05) is 18.8 Å². The Kier molecular flexibility index (Phi) is 4.08. The van der Waals surface area contributed by atoms with Gasteiger partial charge in [-0.15, -0.1) is 0 Å². The molecule has 1 saturated heterocycles. The van der Waals surface area contributed by atoms with Gasteiger partial charge in [-0.2, -0.15) is 5.26 Å². The predicted octanol–water partition coefficient (Wildman–Crippen LogP) is 1.42. The number of hydrogen-bond acceptors (Lipinski definition) is 4. The van der Waals surface area contributed by atoms with E-state index in [4.69, 9.17) is 5.26 Å². The van der Waals surface area contributed by atoms with Gasteiger partial charge in [-0.3, -0.25) is 0 Å². The molecule has 1 aromatic carbocycles.